The second kappa shape index (κ2) is 5.45. The first kappa shape index (κ1) is 11.8. The van der Waals surface area contributed by atoms with E-state index in [0.29, 0.717) is 6.42 Å². The maximum atomic E-state index is 10.3. The van der Waals surface area contributed by atoms with E-state index in [0.717, 1.165) is 0 Å². The molecule has 0 aliphatic carbocycles. The Bertz CT molecular complexity index is 175. The molecule has 0 aliphatic heterocycles. The molecule has 0 amide bonds. The van der Waals surface area contributed by atoms with Crippen LogP contribution in [0, 0.1) is 0 Å². The van der Waals surface area contributed by atoms with Crippen LogP contribution in [-0.4, -0.2) is 22.7 Å². The zero-order chi connectivity index (χ0) is 9.61. The van der Waals surface area contributed by atoms with Crippen LogP contribution in [0.4, 0.5) is 0 Å². The Morgan fingerprint density at radius 2 is 2.25 bits per heavy atom. The molecular formula is C6H13O5P. The smallest absolute Gasteiger partial charge is 0.348 e. The molecule has 5 nitrogen and oxygen atoms in total. The van der Waals surface area contributed by atoms with E-state index < -0.39 is 14.1 Å². The van der Waals surface area contributed by atoms with E-state index in [4.69, 9.17) is 14.5 Å². The van der Waals surface area contributed by atoms with Gasteiger partial charge < -0.3 is 14.5 Å². The fourth-order valence-corrected chi connectivity index (χ4v) is 1.07. The Balaban J connectivity index is 3.83. The van der Waals surface area contributed by atoms with Crippen LogP contribution in [0.2, 0.25) is 0 Å². The van der Waals surface area contributed by atoms with Crippen molar-refractivity contribution in [3.05, 3.63) is 12.7 Å². The number of ether oxygens (including phenoxy) is 1. The Labute approximate surface area is 71.2 Å². The standard InChI is InChI=1S/C6H13O5P/c1-3-5-10-6(4-2)11-12(7,8)9/h3,6H,1,4-5H2,2H3,(H2,7,8,9). The van der Waals surface area contributed by atoms with E-state index in [1.54, 1.807) is 6.92 Å². The third-order valence-corrected chi connectivity index (χ3v) is 1.50. The predicted octanol–water partition coefficient (Wildman–Crippen LogP) is 1.03. The first-order valence-corrected chi connectivity index (χ1v) is 4.99. The van der Waals surface area contributed by atoms with Crippen LogP contribution in [0.25, 0.3) is 0 Å². The molecule has 1 atom stereocenters. The second-order valence-corrected chi connectivity index (χ2v) is 3.25. The van der Waals surface area contributed by atoms with E-state index >= 15 is 0 Å². The highest BCUT2D eigenvalue weighted by atomic mass is 31.2. The van der Waals surface area contributed by atoms with E-state index in [2.05, 4.69) is 11.1 Å². The monoisotopic (exact) mass is 196 g/mol. The molecule has 0 aromatic carbocycles. The summed E-state index contributed by atoms with van der Waals surface area (Å²) in [6, 6.07) is 0. The van der Waals surface area contributed by atoms with E-state index in [1.807, 2.05) is 0 Å². The van der Waals surface area contributed by atoms with Crippen LogP contribution < -0.4 is 0 Å². The van der Waals surface area contributed by atoms with Crippen molar-refractivity contribution < 1.29 is 23.6 Å². The molecule has 0 aliphatic rings. The Morgan fingerprint density at radius 3 is 2.58 bits per heavy atom. The lowest BCUT2D eigenvalue weighted by Gasteiger charge is -2.15. The molecule has 0 heterocycles. The topological polar surface area (TPSA) is 76.0 Å². The average Bonchev–Trinajstić information content (AvgIpc) is 1.95. The molecule has 72 valence electrons. The van der Waals surface area contributed by atoms with Gasteiger partial charge >= 0.3 is 7.82 Å². The summed E-state index contributed by atoms with van der Waals surface area (Å²) in [6.07, 6.45) is 0.980. The first-order chi connectivity index (χ1) is 5.49. The highest BCUT2D eigenvalue weighted by Crippen LogP contribution is 2.38. The predicted molar refractivity (Wildman–Crippen MR) is 43.4 cm³/mol. The molecule has 2 N–H and O–H groups in total. The molecule has 0 saturated carbocycles. The van der Waals surface area contributed by atoms with Gasteiger partial charge in [-0.25, -0.2) is 4.57 Å². The SMILES string of the molecule is C=CCOC(CC)OP(=O)(O)O. The van der Waals surface area contributed by atoms with Crippen LogP contribution >= 0.6 is 7.82 Å². The number of hydrogen-bond donors (Lipinski definition) is 2. The second-order valence-electron chi connectivity index (χ2n) is 2.06. The zero-order valence-electron chi connectivity index (χ0n) is 6.84. The molecule has 0 bridgehead atoms. The molecule has 0 radical (unpaired) electrons. The molecule has 12 heavy (non-hydrogen) atoms. The summed E-state index contributed by atoms with van der Waals surface area (Å²) in [6.45, 7) is 5.29. The molecule has 0 rings (SSSR count). The van der Waals surface area contributed by atoms with Crippen LogP contribution in [0.3, 0.4) is 0 Å². The van der Waals surface area contributed by atoms with Gasteiger partial charge in [0.2, 0.25) is 0 Å². The van der Waals surface area contributed by atoms with E-state index in [-0.39, 0.29) is 6.61 Å². The molecule has 0 aromatic rings. The molecule has 0 spiro atoms. The first-order valence-electron chi connectivity index (χ1n) is 3.46. The molecular weight excluding hydrogens is 183 g/mol. The summed E-state index contributed by atoms with van der Waals surface area (Å²) in [5, 5.41) is 0. The lowest BCUT2D eigenvalue weighted by molar-refractivity contribution is -0.0835. The van der Waals surface area contributed by atoms with Gasteiger partial charge in [0.15, 0.2) is 6.29 Å². The Hall–Kier alpha value is -0.190. The minimum atomic E-state index is -4.44. The summed E-state index contributed by atoms with van der Waals surface area (Å²) >= 11 is 0. The van der Waals surface area contributed by atoms with Crippen molar-refractivity contribution in [1.29, 1.82) is 0 Å². The van der Waals surface area contributed by atoms with Crippen LogP contribution in [0.5, 0.6) is 0 Å². The number of phosphoric ester groups is 1. The van der Waals surface area contributed by atoms with Gasteiger partial charge in [-0.3, -0.25) is 4.52 Å². The van der Waals surface area contributed by atoms with Gasteiger partial charge in [0.1, 0.15) is 0 Å². The molecule has 0 fully saturated rings. The fraction of sp³-hybridized carbons (Fsp3) is 0.667. The summed E-state index contributed by atoms with van der Waals surface area (Å²) in [5.41, 5.74) is 0. The van der Waals surface area contributed by atoms with E-state index in [1.165, 1.54) is 6.08 Å². The summed E-state index contributed by atoms with van der Waals surface area (Å²) < 4.78 is 19.5. The van der Waals surface area contributed by atoms with Crippen molar-refractivity contribution in [2.45, 2.75) is 19.6 Å². The van der Waals surface area contributed by atoms with Crippen molar-refractivity contribution in [2.75, 3.05) is 6.61 Å². The van der Waals surface area contributed by atoms with Crippen molar-refractivity contribution in [3.63, 3.8) is 0 Å². The number of phosphoric acid groups is 1. The van der Waals surface area contributed by atoms with Gasteiger partial charge in [0, 0.05) is 0 Å². The summed E-state index contributed by atoms with van der Waals surface area (Å²) in [7, 11) is -4.44. The summed E-state index contributed by atoms with van der Waals surface area (Å²) in [4.78, 5) is 16.8. The zero-order valence-corrected chi connectivity index (χ0v) is 7.74. The minimum Gasteiger partial charge on any atom is -0.348 e. The molecule has 1 unspecified atom stereocenters. The highest BCUT2D eigenvalue weighted by Gasteiger charge is 2.20. The van der Waals surface area contributed by atoms with Crippen molar-refractivity contribution in [1.82, 2.24) is 0 Å². The van der Waals surface area contributed by atoms with Gasteiger partial charge in [-0.2, -0.15) is 0 Å². The molecule has 6 heteroatoms. The summed E-state index contributed by atoms with van der Waals surface area (Å²) in [5.74, 6) is 0. The number of rotatable bonds is 6. The van der Waals surface area contributed by atoms with Gasteiger partial charge in [-0.05, 0) is 6.42 Å². The minimum absolute atomic E-state index is 0.207. The molecule has 0 saturated heterocycles. The maximum Gasteiger partial charge on any atom is 0.471 e. The fourth-order valence-electron chi connectivity index (χ4n) is 0.551. The van der Waals surface area contributed by atoms with Crippen molar-refractivity contribution in [2.24, 2.45) is 0 Å². The van der Waals surface area contributed by atoms with Crippen LogP contribution in [0.15, 0.2) is 12.7 Å². The third kappa shape index (κ3) is 6.52. The lowest BCUT2D eigenvalue weighted by atomic mass is 10.5. The van der Waals surface area contributed by atoms with Gasteiger partial charge in [-0.1, -0.05) is 13.0 Å². The third-order valence-electron chi connectivity index (χ3n) is 0.988. The van der Waals surface area contributed by atoms with Gasteiger partial charge in [0.05, 0.1) is 6.61 Å². The molecule has 0 aromatic heterocycles. The van der Waals surface area contributed by atoms with Gasteiger partial charge in [0.25, 0.3) is 0 Å². The van der Waals surface area contributed by atoms with Crippen molar-refractivity contribution >= 4 is 7.82 Å². The highest BCUT2D eigenvalue weighted by molar-refractivity contribution is 7.46. The quantitative estimate of drug-likeness (QED) is 0.377. The number of hydrogen-bond acceptors (Lipinski definition) is 3. The largest absolute Gasteiger partial charge is 0.471 e. The van der Waals surface area contributed by atoms with Gasteiger partial charge in [-0.15, -0.1) is 6.58 Å². The Kier molecular flexibility index (Phi) is 5.37. The average molecular weight is 196 g/mol. The van der Waals surface area contributed by atoms with E-state index in [9.17, 15) is 4.57 Å². The maximum absolute atomic E-state index is 10.3. The van der Waals surface area contributed by atoms with Crippen LogP contribution in [0.1, 0.15) is 13.3 Å². The normalized spacial score (nSPS) is 14.2. The van der Waals surface area contributed by atoms with Crippen molar-refractivity contribution in [3.8, 4) is 0 Å². The van der Waals surface area contributed by atoms with Crippen LogP contribution in [-0.2, 0) is 13.8 Å². The Morgan fingerprint density at radius 1 is 1.67 bits per heavy atom. The lowest BCUT2D eigenvalue weighted by Crippen LogP contribution is -2.14.